The van der Waals surface area contributed by atoms with Gasteiger partial charge in [0.1, 0.15) is 0 Å². The number of ether oxygens (including phenoxy) is 1. The molecule has 0 bridgehead atoms. The van der Waals surface area contributed by atoms with Crippen LogP contribution in [0.5, 0.6) is 0 Å². The molecular weight excluding hydrogens is 290 g/mol. The predicted octanol–water partition coefficient (Wildman–Crippen LogP) is 2.47. The molecule has 0 spiro atoms. The molecule has 2 N–H and O–H groups in total. The van der Waals surface area contributed by atoms with E-state index in [0.29, 0.717) is 24.0 Å². The maximum Gasteiger partial charge on any atom is 0.325 e. The number of amides is 2. The quantitative estimate of drug-likeness (QED) is 0.909. The summed E-state index contributed by atoms with van der Waals surface area (Å²) in [5.41, 5.74) is 1.70. The molecule has 1 aliphatic rings. The fourth-order valence-electron chi connectivity index (χ4n) is 2.12. The third kappa shape index (κ3) is 3.40. The van der Waals surface area contributed by atoms with Gasteiger partial charge in [0.05, 0.1) is 35.7 Å². The van der Waals surface area contributed by atoms with Gasteiger partial charge in [-0.1, -0.05) is 18.3 Å². The van der Waals surface area contributed by atoms with Gasteiger partial charge in [-0.15, -0.1) is 0 Å². The summed E-state index contributed by atoms with van der Waals surface area (Å²) in [5.74, 6) is 0. The highest BCUT2D eigenvalue weighted by Crippen LogP contribution is 2.27. The lowest BCUT2D eigenvalue weighted by molar-refractivity contribution is 0.112. The molecule has 7 nitrogen and oxygen atoms in total. The van der Waals surface area contributed by atoms with Crippen LogP contribution in [0, 0.1) is 0 Å². The Balaban J connectivity index is 1.59. The summed E-state index contributed by atoms with van der Waals surface area (Å²) in [5, 5.41) is 10.3. The van der Waals surface area contributed by atoms with Gasteiger partial charge in [-0.05, 0) is 6.42 Å². The first kappa shape index (κ1) is 14.0. The van der Waals surface area contributed by atoms with Gasteiger partial charge in [0.2, 0.25) is 0 Å². The number of rotatable bonds is 4. The minimum atomic E-state index is -0.307. The molecule has 2 aromatic rings. The molecule has 112 valence electrons. The highest BCUT2D eigenvalue weighted by Gasteiger charge is 2.16. The van der Waals surface area contributed by atoms with E-state index in [1.807, 2.05) is 6.20 Å². The monoisotopic (exact) mass is 307 g/mol. The molecule has 3 heterocycles. The SMILES string of the molecule is CCCn1cc(NC(=O)Nc2nc3c(s2)COCC3)cn1. The Morgan fingerprint density at radius 3 is 3.24 bits per heavy atom. The molecule has 8 heteroatoms. The van der Waals surface area contributed by atoms with Gasteiger partial charge in [0.15, 0.2) is 5.13 Å². The normalized spacial score (nSPS) is 13.8. The van der Waals surface area contributed by atoms with Gasteiger partial charge >= 0.3 is 6.03 Å². The van der Waals surface area contributed by atoms with Gasteiger partial charge in [-0.3, -0.25) is 10.00 Å². The molecule has 0 saturated carbocycles. The molecule has 0 atom stereocenters. The molecule has 0 saturated heterocycles. The van der Waals surface area contributed by atoms with Crippen molar-refractivity contribution in [2.75, 3.05) is 17.2 Å². The number of carbonyl (C=O) groups excluding carboxylic acids is 1. The van der Waals surface area contributed by atoms with Crippen molar-refractivity contribution >= 4 is 28.2 Å². The van der Waals surface area contributed by atoms with E-state index in [9.17, 15) is 4.79 Å². The Morgan fingerprint density at radius 1 is 1.52 bits per heavy atom. The molecule has 2 aromatic heterocycles. The highest BCUT2D eigenvalue weighted by atomic mass is 32.1. The second-order valence-corrected chi connectivity index (χ2v) is 5.85. The van der Waals surface area contributed by atoms with E-state index in [0.717, 1.165) is 30.0 Å². The molecule has 0 aliphatic carbocycles. The van der Waals surface area contributed by atoms with E-state index in [2.05, 4.69) is 27.6 Å². The van der Waals surface area contributed by atoms with Crippen LogP contribution in [0.25, 0.3) is 0 Å². The summed E-state index contributed by atoms with van der Waals surface area (Å²) in [7, 11) is 0. The van der Waals surface area contributed by atoms with Crippen molar-refractivity contribution in [2.45, 2.75) is 32.9 Å². The zero-order chi connectivity index (χ0) is 14.7. The Morgan fingerprint density at radius 2 is 2.43 bits per heavy atom. The summed E-state index contributed by atoms with van der Waals surface area (Å²) in [6.45, 7) is 4.19. The van der Waals surface area contributed by atoms with Crippen LogP contribution < -0.4 is 10.6 Å². The molecule has 3 rings (SSSR count). The lowest BCUT2D eigenvalue weighted by Gasteiger charge is -2.08. The highest BCUT2D eigenvalue weighted by molar-refractivity contribution is 7.15. The number of nitrogens with one attached hydrogen (secondary N) is 2. The molecule has 21 heavy (non-hydrogen) atoms. The van der Waals surface area contributed by atoms with Crippen LogP contribution in [-0.2, 0) is 24.3 Å². The topological polar surface area (TPSA) is 81.1 Å². The number of hydrogen-bond donors (Lipinski definition) is 2. The van der Waals surface area contributed by atoms with E-state index in [4.69, 9.17) is 4.74 Å². The van der Waals surface area contributed by atoms with Crippen LogP contribution >= 0.6 is 11.3 Å². The second kappa shape index (κ2) is 6.23. The van der Waals surface area contributed by atoms with Gasteiger partial charge in [-0.2, -0.15) is 5.10 Å². The van der Waals surface area contributed by atoms with Crippen LogP contribution in [0.15, 0.2) is 12.4 Å². The molecular formula is C13H17N5O2S. The molecule has 1 aliphatic heterocycles. The number of hydrogen-bond acceptors (Lipinski definition) is 5. The third-order valence-electron chi connectivity index (χ3n) is 3.06. The summed E-state index contributed by atoms with van der Waals surface area (Å²) in [4.78, 5) is 17.4. The molecule has 0 aromatic carbocycles. The Hall–Kier alpha value is -1.93. The maximum atomic E-state index is 11.9. The van der Waals surface area contributed by atoms with Gasteiger partial charge in [0.25, 0.3) is 0 Å². The number of aromatic nitrogens is 3. The first-order chi connectivity index (χ1) is 10.2. The van der Waals surface area contributed by atoms with Crippen LogP contribution in [0.2, 0.25) is 0 Å². The number of aryl methyl sites for hydroxylation is 1. The summed E-state index contributed by atoms with van der Waals surface area (Å²) in [6.07, 6.45) is 5.25. The number of anilines is 2. The van der Waals surface area contributed by atoms with E-state index < -0.39 is 0 Å². The first-order valence-corrected chi connectivity index (χ1v) is 7.73. The van der Waals surface area contributed by atoms with Gasteiger partial charge < -0.3 is 10.1 Å². The van der Waals surface area contributed by atoms with Crippen LogP contribution in [-0.4, -0.2) is 27.4 Å². The number of urea groups is 1. The predicted molar refractivity (Wildman–Crippen MR) is 80.6 cm³/mol. The third-order valence-corrected chi connectivity index (χ3v) is 4.05. The van der Waals surface area contributed by atoms with Crippen LogP contribution in [0.3, 0.4) is 0 Å². The molecule has 0 radical (unpaired) electrons. The lowest BCUT2D eigenvalue weighted by atomic mass is 10.2. The van der Waals surface area contributed by atoms with Crippen molar-refractivity contribution in [2.24, 2.45) is 0 Å². The van der Waals surface area contributed by atoms with E-state index in [1.165, 1.54) is 11.3 Å². The minimum Gasteiger partial charge on any atom is -0.375 e. The number of nitrogens with zero attached hydrogens (tertiary/aromatic N) is 3. The smallest absolute Gasteiger partial charge is 0.325 e. The molecule has 0 fully saturated rings. The van der Waals surface area contributed by atoms with E-state index >= 15 is 0 Å². The Kier molecular flexibility index (Phi) is 4.16. The number of thiazole rings is 1. The van der Waals surface area contributed by atoms with Crippen molar-refractivity contribution in [3.8, 4) is 0 Å². The summed E-state index contributed by atoms with van der Waals surface area (Å²) in [6, 6.07) is -0.307. The van der Waals surface area contributed by atoms with Crippen molar-refractivity contribution in [1.29, 1.82) is 0 Å². The van der Waals surface area contributed by atoms with E-state index in [1.54, 1.807) is 10.9 Å². The number of carbonyl (C=O) groups is 1. The average molecular weight is 307 g/mol. The molecule has 0 unspecified atom stereocenters. The van der Waals surface area contributed by atoms with Crippen molar-refractivity contribution in [3.05, 3.63) is 23.0 Å². The summed E-state index contributed by atoms with van der Waals surface area (Å²) < 4.78 is 7.17. The van der Waals surface area contributed by atoms with Crippen LogP contribution in [0.1, 0.15) is 23.9 Å². The van der Waals surface area contributed by atoms with E-state index in [-0.39, 0.29) is 6.03 Å². The van der Waals surface area contributed by atoms with Crippen LogP contribution in [0.4, 0.5) is 15.6 Å². The fraction of sp³-hybridized carbons (Fsp3) is 0.462. The largest absolute Gasteiger partial charge is 0.375 e. The van der Waals surface area contributed by atoms with Crippen molar-refractivity contribution < 1.29 is 9.53 Å². The first-order valence-electron chi connectivity index (χ1n) is 6.91. The van der Waals surface area contributed by atoms with Gasteiger partial charge in [0, 0.05) is 19.2 Å². The standard InChI is InChI=1S/C13H17N5O2S/c1-2-4-18-7-9(6-14-18)15-12(19)17-13-16-10-3-5-20-8-11(10)21-13/h6-7H,2-5,8H2,1H3,(H2,15,16,17,19). The van der Waals surface area contributed by atoms with Gasteiger partial charge in [-0.25, -0.2) is 9.78 Å². The second-order valence-electron chi connectivity index (χ2n) is 4.76. The Bertz CT molecular complexity index is 613. The summed E-state index contributed by atoms with van der Waals surface area (Å²) >= 11 is 1.46. The average Bonchev–Trinajstić information content (AvgIpc) is 3.05. The lowest BCUT2D eigenvalue weighted by Crippen LogP contribution is -2.19. The zero-order valence-corrected chi connectivity index (χ0v) is 12.6. The minimum absolute atomic E-state index is 0.307. The number of fused-ring (bicyclic) bond motifs is 1. The maximum absolute atomic E-state index is 11.9. The Labute approximate surface area is 126 Å². The van der Waals surface area contributed by atoms with Crippen molar-refractivity contribution in [1.82, 2.24) is 14.8 Å². The fourth-order valence-corrected chi connectivity index (χ4v) is 3.06. The van der Waals surface area contributed by atoms with Crippen molar-refractivity contribution in [3.63, 3.8) is 0 Å². The molecule has 2 amide bonds. The zero-order valence-electron chi connectivity index (χ0n) is 11.8.